The lowest BCUT2D eigenvalue weighted by Gasteiger charge is -2.52. The molecule has 230 valence electrons. The topological polar surface area (TPSA) is 145 Å². The van der Waals surface area contributed by atoms with Crippen LogP contribution in [-0.4, -0.2) is 60.9 Å². The molecule has 44 heavy (non-hydrogen) atoms. The summed E-state index contributed by atoms with van der Waals surface area (Å²) >= 11 is 3.82. The van der Waals surface area contributed by atoms with E-state index in [1.54, 1.807) is 23.1 Å². The van der Waals surface area contributed by atoms with E-state index in [2.05, 4.69) is 5.32 Å². The molecule has 0 aliphatic carbocycles. The van der Waals surface area contributed by atoms with Crippen LogP contribution in [0.2, 0.25) is 0 Å². The maximum absolute atomic E-state index is 13.8. The quantitative estimate of drug-likeness (QED) is 0.0785. The molecule has 2 fully saturated rings. The Morgan fingerprint density at radius 3 is 2.32 bits per heavy atom. The Labute approximate surface area is 265 Å². The predicted octanol–water partition coefficient (Wildman–Crippen LogP) is 4.46. The number of carbonyl (C=O) groups is 4. The number of esters is 2. The van der Waals surface area contributed by atoms with Gasteiger partial charge in [-0.2, -0.15) is 11.3 Å². The van der Waals surface area contributed by atoms with Gasteiger partial charge in [-0.1, -0.05) is 30.3 Å². The van der Waals surface area contributed by atoms with E-state index in [1.807, 2.05) is 44.2 Å². The molecule has 3 aromatic rings. The number of hydrogen-bond acceptors (Lipinski definition) is 11. The zero-order valence-corrected chi connectivity index (χ0v) is 26.4. The summed E-state index contributed by atoms with van der Waals surface area (Å²) in [4.78, 5) is 64.6. The van der Waals surface area contributed by atoms with Gasteiger partial charge in [0.15, 0.2) is 10.8 Å². The Bertz CT molecular complexity index is 1570. The molecule has 1 N–H and O–H groups in total. The second-order valence-electron chi connectivity index (χ2n) is 10.7. The Kier molecular flexibility index (Phi) is 9.05. The largest absolute Gasteiger partial charge is 0.460 e. The minimum atomic E-state index is -1.42. The number of thioether (sulfide) groups is 2. The maximum atomic E-state index is 13.8. The number of non-ortho nitro benzene ring substituents is 1. The van der Waals surface area contributed by atoms with Crippen LogP contribution in [0.1, 0.15) is 36.5 Å². The standard InChI is InChI=1S/C30H29N3O8S3/c1-29(2)23(26(36)41-15-18-7-5-4-6-8-18)32-27(37)30(42-3,28(32)44-29)31-24(34)22(20-13-14-43-17-20)25(35)40-16-19-9-11-21(12-10-19)33(38)39/h4-14,17,22-23,28H,15-16H2,1-3H3,(H,31,34)/t22?,23-,28+,30-/m0/s1. The van der Waals surface area contributed by atoms with Gasteiger partial charge in [-0.3, -0.25) is 24.5 Å². The zero-order valence-electron chi connectivity index (χ0n) is 24.0. The molecule has 2 amide bonds. The van der Waals surface area contributed by atoms with Crippen LogP contribution >= 0.6 is 34.9 Å². The Morgan fingerprint density at radius 1 is 1.05 bits per heavy atom. The number of hydrogen-bond donors (Lipinski definition) is 1. The summed E-state index contributed by atoms with van der Waals surface area (Å²) < 4.78 is 10.3. The zero-order chi connectivity index (χ0) is 31.6. The Morgan fingerprint density at radius 2 is 1.70 bits per heavy atom. The number of nitrogens with zero attached hydrogens (tertiary/aromatic N) is 2. The van der Waals surface area contributed by atoms with E-state index in [0.29, 0.717) is 11.1 Å². The number of carbonyl (C=O) groups excluding carboxylic acids is 4. The van der Waals surface area contributed by atoms with Crippen LogP contribution < -0.4 is 5.32 Å². The number of benzene rings is 2. The van der Waals surface area contributed by atoms with Gasteiger partial charge in [0, 0.05) is 16.9 Å². The molecule has 2 aliphatic rings. The molecule has 1 unspecified atom stereocenters. The fraction of sp³-hybridized carbons (Fsp3) is 0.333. The van der Waals surface area contributed by atoms with Gasteiger partial charge in [0.25, 0.3) is 11.6 Å². The molecule has 2 saturated heterocycles. The molecular formula is C30H29N3O8S3. The number of β-lactam (4-membered cyclic amide) rings is 1. The van der Waals surface area contributed by atoms with Crippen molar-refractivity contribution in [2.45, 2.75) is 54.0 Å². The summed E-state index contributed by atoms with van der Waals surface area (Å²) in [6.07, 6.45) is 1.69. The monoisotopic (exact) mass is 655 g/mol. The first-order chi connectivity index (χ1) is 21.0. The third-order valence-corrected chi connectivity index (χ3v) is 11.1. The van der Waals surface area contributed by atoms with Crippen LogP contribution in [0.3, 0.4) is 0 Å². The molecule has 0 radical (unpaired) electrons. The van der Waals surface area contributed by atoms with Crippen molar-refractivity contribution in [1.29, 1.82) is 0 Å². The van der Waals surface area contributed by atoms with E-state index in [1.165, 1.54) is 52.3 Å². The number of ether oxygens (including phenoxy) is 2. The van der Waals surface area contributed by atoms with Crippen LogP contribution in [0.5, 0.6) is 0 Å². The van der Waals surface area contributed by atoms with Gasteiger partial charge in [-0.25, -0.2) is 4.79 Å². The SMILES string of the molecule is CS[C@@]1(NC(=O)C(C(=O)OCc2ccc([N+](=O)[O-])cc2)c2ccsc2)C(=O)N2[C@@H](C(=O)OCc3ccccc3)C(C)(C)S[C@@H]21. The van der Waals surface area contributed by atoms with E-state index in [-0.39, 0.29) is 18.9 Å². The first-order valence-electron chi connectivity index (χ1n) is 13.5. The highest BCUT2D eigenvalue weighted by Gasteiger charge is 2.72. The van der Waals surface area contributed by atoms with Gasteiger partial charge in [0.1, 0.15) is 24.6 Å². The third kappa shape index (κ3) is 5.93. The molecular weight excluding hydrogens is 627 g/mol. The summed E-state index contributed by atoms with van der Waals surface area (Å²) in [5.74, 6) is -3.90. The van der Waals surface area contributed by atoms with Crippen LogP contribution in [0.15, 0.2) is 71.4 Å². The van der Waals surface area contributed by atoms with Crippen LogP contribution in [0, 0.1) is 10.1 Å². The van der Waals surface area contributed by atoms with Crippen molar-refractivity contribution in [3.63, 3.8) is 0 Å². The highest BCUT2D eigenvalue weighted by Crippen LogP contribution is 2.58. The molecule has 3 heterocycles. The van der Waals surface area contributed by atoms with E-state index < -0.39 is 55.6 Å². The number of rotatable bonds is 11. The normalized spacial score (nSPS) is 22.3. The van der Waals surface area contributed by atoms with E-state index in [4.69, 9.17) is 9.47 Å². The van der Waals surface area contributed by atoms with Gasteiger partial charge in [-0.15, -0.1) is 23.5 Å². The summed E-state index contributed by atoms with van der Waals surface area (Å²) in [5, 5.41) is 16.6. The van der Waals surface area contributed by atoms with Crippen molar-refractivity contribution < 1.29 is 33.6 Å². The minimum absolute atomic E-state index is 0.0678. The summed E-state index contributed by atoms with van der Waals surface area (Å²) in [5.41, 5.74) is 1.63. The van der Waals surface area contributed by atoms with Gasteiger partial charge < -0.3 is 19.7 Å². The van der Waals surface area contributed by atoms with Gasteiger partial charge in [0.2, 0.25) is 5.91 Å². The molecule has 0 bridgehead atoms. The molecule has 14 heteroatoms. The number of nitrogens with one attached hydrogen (secondary N) is 1. The lowest BCUT2D eigenvalue weighted by atomic mass is 9.94. The number of nitro groups is 1. The first kappa shape index (κ1) is 31.5. The molecule has 0 spiro atoms. The summed E-state index contributed by atoms with van der Waals surface area (Å²) in [7, 11) is 0. The highest BCUT2D eigenvalue weighted by molar-refractivity contribution is 8.05. The second kappa shape index (κ2) is 12.6. The smallest absolute Gasteiger partial charge is 0.330 e. The molecule has 1 aromatic heterocycles. The van der Waals surface area contributed by atoms with Crippen molar-refractivity contribution in [3.8, 4) is 0 Å². The van der Waals surface area contributed by atoms with E-state index in [9.17, 15) is 29.3 Å². The number of amides is 2. The number of fused-ring (bicyclic) bond motifs is 1. The highest BCUT2D eigenvalue weighted by atomic mass is 32.2. The van der Waals surface area contributed by atoms with Crippen molar-refractivity contribution in [2.75, 3.05) is 6.26 Å². The Balaban J connectivity index is 1.30. The van der Waals surface area contributed by atoms with Gasteiger partial charge >= 0.3 is 11.9 Å². The Hall–Kier alpha value is -3.88. The van der Waals surface area contributed by atoms with Crippen molar-refractivity contribution in [3.05, 3.63) is 98.2 Å². The van der Waals surface area contributed by atoms with Gasteiger partial charge in [0.05, 0.1) is 4.92 Å². The van der Waals surface area contributed by atoms with Gasteiger partial charge in [-0.05, 0) is 65.8 Å². The fourth-order valence-electron chi connectivity index (χ4n) is 5.21. The number of thiophene rings is 1. The average Bonchev–Trinajstić information content (AvgIpc) is 3.63. The van der Waals surface area contributed by atoms with Crippen LogP contribution in [0.25, 0.3) is 0 Å². The molecule has 4 atom stereocenters. The summed E-state index contributed by atoms with van der Waals surface area (Å²) in [6.45, 7) is 3.57. The average molecular weight is 656 g/mol. The van der Waals surface area contributed by atoms with Crippen molar-refractivity contribution >= 4 is 64.3 Å². The van der Waals surface area contributed by atoms with E-state index in [0.717, 1.165) is 17.3 Å². The van der Waals surface area contributed by atoms with Crippen LogP contribution in [0.4, 0.5) is 5.69 Å². The van der Waals surface area contributed by atoms with Crippen molar-refractivity contribution in [2.24, 2.45) is 0 Å². The fourth-order valence-corrected chi connectivity index (χ4v) is 8.70. The molecule has 11 nitrogen and oxygen atoms in total. The number of nitro benzene ring substituents is 1. The van der Waals surface area contributed by atoms with Crippen LogP contribution in [-0.2, 0) is 41.9 Å². The van der Waals surface area contributed by atoms with Crippen molar-refractivity contribution in [1.82, 2.24) is 10.2 Å². The summed E-state index contributed by atoms with van der Waals surface area (Å²) in [6, 6.07) is 15.5. The molecule has 0 saturated carbocycles. The molecule has 2 aromatic carbocycles. The maximum Gasteiger partial charge on any atom is 0.330 e. The molecule has 2 aliphatic heterocycles. The second-order valence-corrected chi connectivity index (χ2v) is 14.3. The molecule has 5 rings (SSSR count). The lowest BCUT2D eigenvalue weighted by molar-refractivity contribution is -0.384. The third-order valence-electron chi connectivity index (χ3n) is 7.49. The van der Waals surface area contributed by atoms with E-state index >= 15 is 0 Å². The first-order valence-corrected chi connectivity index (χ1v) is 16.5. The lowest BCUT2D eigenvalue weighted by Crippen LogP contribution is -2.78. The predicted molar refractivity (Wildman–Crippen MR) is 167 cm³/mol. The minimum Gasteiger partial charge on any atom is -0.460 e.